The van der Waals surface area contributed by atoms with Crippen LogP contribution in [0, 0.1) is 0 Å². The van der Waals surface area contributed by atoms with Gasteiger partial charge >= 0.3 is 46.9 Å². The number of hydrogen-bond donors (Lipinski definition) is 1. The molecule has 0 aliphatic heterocycles. The molecule has 8 heteroatoms. The molecule has 0 aromatic rings. The summed E-state index contributed by atoms with van der Waals surface area (Å²) in [6, 6.07) is 0. The number of carbonyl (C=O) groups excluding carboxylic acids is 1. The van der Waals surface area contributed by atoms with Gasteiger partial charge in [0.25, 0.3) is 0 Å². The van der Waals surface area contributed by atoms with Crippen molar-refractivity contribution in [3.63, 3.8) is 0 Å². The molecule has 11 heavy (non-hydrogen) atoms. The van der Waals surface area contributed by atoms with Crippen LogP contribution in [-0.4, -0.2) is 45.5 Å². The van der Waals surface area contributed by atoms with Crippen molar-refractivity contribution in [2.45, 2.75) is 13.0 Å². The Balaban J connectivity index is -0.0000000125. The third kappa shape index (κ3) is 35.1. The van der Waals surface area contributed by atoms with Crippen LogP contribution < -0.4 is 47.1 Å². The van der Waals surface area contributed by atoms with E-state index in [4.69, 9.17) is 5.11 Å². The van der Waals surface area contributed by atoms with E-state index in [2.05, 4.69) is 0 Å². The maximum absolute atomic E-state index is 9.34. The molecule has 0 aliphatic carbocycles. The van der Waals surface area contributed by atoms with Gasteiger partial charge in [0.1, 0.15) is 0 Å². The average Bonchev–Trinajstić information content (AvgIpc) is 1.36. The van der Waals surface area contributed by atoms with Crippen LogP contribution in [0.3, 0.4) is 0 Å². The molecule has 0 amide bonds. The Morgan fingerprint density at radius 3 is 1.64 bits per heavy atom. The van der Waals surface area contributed by atoms with Crippen LogP contribution in [0.1, 0.15) is 6.92 Å². The largest absolute Gasteiger partial charge is 3.00 e. The smallest absolute Gasteiger partial charge is 1.00 e. The first-order chi connectivity index (χ1) is 2.64. The number of carboxylic acids is 1. The van der Waals surface area contributed by atoms with E-state index in [1.165, 1.54) is 0 Å². The molecule has 60 valence electrons. The molecule has 0 spiro atoms. The number of rotatable bonds is 1. The molecule has 0 rings (SSSR count). The van der Waals surface area contributed by atoms with Crippen molar-refractivity contribution in [3.8, 4) is 0 Å². The normalized spacial score (nSPS) is 7.45. The van der Waals surface area contributed by atoms with E-state index in [0.717, 1.165) is 6.92 Å². The van der Waals surface area contributed by atoms with E-state index in [-0.39, 0.29) is 70.3 Å². The van der Waals surface area contributed by atoms with Gasteiger partial charge in [0.2, 0.25) is 0 Å². The van der Waals surface area contributed by atoms with Gasteiger partial charge in [-0.05, 0) is 6.92 Å². The second kappa shape index (κ2) is 22.5. The molecule has 0 bridgehead atoms. The van der Waals surface area contributed by atoms with Crippen molar-refractivity contribution in [2.75, 3.05) is 0 Å². The van der Waals surface area contributed by atoms with Crippen LogP contribution in [0.5, 0.6) is 0 Å². The zero-order chi connectivity index (χ0) is 5.15. The zero-order valence-electron chi connectivity index (χ0n) is 6.24. The molecule has 1 atom stereocenters. The van der Waals surface area contributed by atoms with Gasteiger partial charge in [-0.2, -0.15) is 0 Å². The standard InChI is InChI=1S/C3H6O3.Al.ClH.Na.2H2O/c1-2(4)3(5)6;;;;;/h2,4H,1H3,(H,5,6);;1H;;2*1H2/q;+3;;+1;;/p-3. The monoisotopic (exact) mass is 209 g/mol. The molecule has 4 N–H and O–H groups in total. The predicted molar refractivity (Wildman–Crippen MR) is 28.0 cm³/mol. The number of aliphatic hydroxyl groups is 1. The minimum atomic E-state index is -1.44. The Bertz CT molecular complexity index is 72.7. The Morgan fingerprint density at radius 1 is 1.55 bits per heavy atom. The van der Waals surface area contributed by atoms with Gasteiger partial charge in [-0.15, -0.1) is 0 Å². The Hall–Kier alpha value is 1.17. The molecule has 0 saturated heterocycles. The summed E-state index contributed by atoms with van der Waals surface area (Å²) < 4.78 is 0. The van der Waals surface area contributed by atoms with E-state index in [1.54, 1.807) is 0 Å². The molecule has 0 radical (unpaired) electrons. The number of aliphatic hydroxyl groups excluding tert-OH is 1. The van der Waals surface area contributed by atoms with Crippen molar-refractivity contribution in [3.05, 3.63) is 0 Å². The summed E-state index contributed by atoms with van der Waals surface area (Å²) >= 11 is 0. The number of halogens is 1. The summed E-state index contributed by atoms with van der Waals surface area (Å²) in [5.41, 5.74) is 0. The van der Waals surface area contributed by atoms with Gasteiger partial charge in [0.05, 0.1) is 12.1 Å². The van der Waals surface area contributed by atoms with E-state index in [9.17, 15) is 9.90 Å². The molecular weight excluding hydrogens is 201 g/mol. The zero-order valence-corrected chi connectivity index (χ0v) is 10.2. The summed E-state index contributed by atoms with van der Waals surface area (Å²) in [6.07, 6.45) is -1.34. The molecule has 0 aromatic carbocycles. The van der Waals surface area contributed by atoms with Crippen molar-refractivity contribution in [1.82, 2.24) is 0 Å². The average molecular weight is 210 g/mol. The van der Waals surface area contributed by atoms with Gasteiger partial charge in [-0.25, -0.2) is 0 Å². The van der Waals surface area contributed by atoms with Crippen LogP contribution in [0.25, 0.3) is 0 Å². The van der Waals surface area contributed by atoms with Crippen molar-refractivity contribution in [1.29, 1.82) is 0 Å². The second-order valence-electron chi connectivity index (χ2n) is 0.995. The minimum Gasteiger partial charge on any atom is -1.00 e. The Morgan fingerprint density at radius 2 is 1.64 bits per heavy atom. The molecule has 5 nitrogen and oxygen atoms in total. The minimum absolute atomic E-state index is 0. The molecule has 1 unspecified atom stereocenters. The first-order valence-electron chi connectivity index (χ1n) is 1.53. The Labute approximate surface area is 104 Å². The molecule has 0 heterocycles. The first-order valence-corrected chi connectivity index (χ1v) is 1.53. The third-order valence-electron chi connectivity index (χ3n) is 0.341. The number of hydrogen-bond acceptors (Lipinski definition) is 4. The van der Waals surface area contributed by atoms with Crippen LogP contribution in [-0.2, 0) is 4.79 Å². The van der Waals surface area contributed by atoms with Crippen LogP contribution in [0.2, 0.25) is 0 Å². The molecule has 0 fully saturated rings. The number of carboxylic acid groups (broad SMARTS) is 1. The maximum atomic E-state index is 9.34. The van der Waals surface area contributed by atoms with Crippen molar-refractivity contribution >= 4 is 23.3 Å². The third-order valence-corrected chi connectivity index (χ3v) is 0.341. The Kier molecular flexibility index (Phi) is 81.5. The fourth-order valence-corrected chi connectivity index (χ4v) is 0. The summed E-state index contributed by atoms with van der Waals surface area (Å²) in [4.78, 5) is 9.34. The summed E-state index contributed by atoms with van der Waals surface area (Å²) in [6.45, 7) is 1.13. The van der Waals surface area contributed by atoms with Gasteiger partial charge in [-0.3, -0.25) is 0 Å². The van der Waals surface area contributed by atoms with Gasteiger partial charge in [0.15, 0.2) is 0 Å². The summed E-state index contributed by atoms with van der Waals surface area (Å²) in [7, 11) is 0. The molecule has 0 saturated carbocycles. The SMILES string of the molecule is CC(O)C(=O)[O-].O.[Al+3].[Cl-].[Na+].[OH-]. The van der Waals surface area contributed by atoms with E-state index in [1.807, 2.05) is 0 Å². The van der Waals surface area contributed by atoms with Crippen molar-refractivity contribution < 1.29 is 67.9 Å². The van der Waals surface area contributed by atoms with E-state index in [0.29, 0.717) is 0 Å². The fraction of sp³-hybridized carbons (Fsp3) is 0.667. The van der Waals surface area contributed by atoms with Gasteiger partial charge < -0.3 is 38.4 Å². The number of carbonyl (C=O) groups is 1. The van der Waals surface area contributed by atoms with Gasteiger partial charge in [-0.1, -0.05) is 0 Å². The first kappa shape index (κ1) is 39.9. The molecule has 0 aromatic heterocycles. The van der Waals surface area contributed by atoms with Crippen molar-refractivity contribution in [2.24, 2.45) is 0 Å². The van der Waals surface area contributed by atoms with Gasteiger partial charge in [0, 0.05) is 0 Å². The maximum Gasteiger partial charge on any atom is 3.00 e. The van der Waals surface area contributed by atoms with Crippen LogP contribution in [0.15, 0.2) is 0 Å². The second-order valence-corrected chi connectivity index (χ2v) is 0.995. The summed E-state index contributed by atoms with van der Waals surface area (Å²) in [5.74, 6) is -1.44. The molecular formula is C3H8AlClNaO5+. The quantitative estimate of drug-likeness (QED) is 0.431. The van der Waals surface area contributed by atoms with Crippen LogP contribution in [0.4, 0.5) is 0 Å². The topological polar surface area (TPSA) is 122 Å². The summed E-state index contributed by atoms with van der Waals surface area (Å²) in [5, 5.41) is 17.3. The van der Waals surface area contributed by atoms with E-state index < -0.39 is 12.1 Å². The predicted octanol–water partition coefficient (Wildman–Crippen LogP) is -9.26. The van der Waals surface area contributed by atoms with E-state index >= 15 is 0 Å². The molecule has 0 aliphatic rings. The fourth-order valence-electron chi connectivity index (χ4n) is 0. The van der Waals surface area contributed by atoms with Crippen LogP contribution >= 0.6 is 0 Å². The number of aliphatic carboxylic acids is 1.